The third-order valence-electron chi connectivity index (χ3n) is 2.50. The van der Waals surface area contributed by atoms with Gasteiger partial charge in [-0.2, -0.15) is 5.10 Å². The third kappa shape index (κ3) is 7.00. The summed E-state index contributed by atoms with van der Waals surface area (Å²) < 4.78 is 7.68. The smallest absolute Gasteiger partial charge is 0.291 e. The van der Waals surface area contributed by atoms with Gasteiger partial charge in [-0.3, -0.25) is 4.68 Å². The molecule has 1 atom stereocenters. The van der Waals surface area contributed by atoms with E-state index in [0.717, 1.165) is 10.6 Å². The molecule has 0 aliphatic rings. The van der Waals surface area contributed by atoms with Gasteiger partial charge in [-0.05, 0) is 31.5 Å². The molecule has 0 fully saturated rings. The van der Waals surface area contributed by atoms with Gasteiger partial charge >= 0.3 is 0 Å². The standard InChI is InChI=1S/C13H16ClN3O.HNO3/c1-10(2)18-13(7-17-9-15-8-16-17)11-3-5-12(14)6-4-11;2-1(3)4/h3-6,8-10,13H,7H2,1-2H3;(H,2,3,4). The molecule has 1 heterocycles. The van der Waals surface area contributed by atoms with E-state index >= 15 is 0 Å². The van der Waals surface area contributed by atoms with Crippen molar-refractivity contribution in [3.8, 4) is 0 Å². The largest absolute Gasteiger partial charge is 0.369 e. The number of rotatable bonds is 5. The number of hydrogen-bond acceptors (Lipinski definition) is 5. The molecule has 1 aromatic carbocycles. The zero-order chi connectivity index (χ0) is 16.5. The van der Waals surface area contributed by atoms with Gasteiger partial charge < -0.3 is 9.94 Å². The Bertz CT molecular complexity index is 556. The average molecular weight is 329 g/mol. The van der Waals surface area contributed by atoms with Crippen LogP contribution in [-0.2, 0) is 11.3 Å². The van der Waals surface area contributed by atoms with Crippen molar-refractivity contribution in [3.05, 3.63) is 57.6 Å². The summed E-state index contributed by atoms with van der Waals surface area (Å²) in [7, 11) is 0. The van der Waals surface area contributed by atoms with Crippen LogP contribution in [0.2, 0.25) is 5.02 Å². The van der Waals surface area contributed by atoms with E-state index in [2.05, 4.69) is 10.1 Å². The molecule has 0 amide bonds. The lowest BCUT2D eigenvalue weighted by Gasteiger charge is -2.20. The molecule has 0 spiro atoms. The highest BCUT2D eigenvalue weighted by Gasteiger charge is 2.15. The molecule has 1 unspecified atom stereocenters. The van der Waals surface area contributed by atoms with Crippen LogP contribution in [0.5, 0.6) is 0 Å². The molecule has 1 aromatic heterocycles. The lowest BCUT2D eigenvalue weighted by molar-refractivity contribution is -0.742. The maximum atomic E-state index is 8.36. The molecular weight excluding hydrogens is 312 g/mol. The van der Waals surface area contributed by atoms with E-state index in [1.807, 2.05) is 38.1 Å². The normalized spacial score (nSPS) is 11.6. The highest BCUT2D eigenvalue weighted by atomic mass is 35.5. The Morgan fingerprint density at radius 1 is 1.41 bits per heavy atom. The van der Waals surface area contributed by atoms with Crippen molar-refractivity contribution in [2.75, 3.05) is 0 Å². The molecule has 2 aromatic rings. The van der Waals surface area contributed by atoms with E-state index in [1.165, 1.54) is 6.33 Å². The summed E-state index contributed by atoms with van der Waals surface area (Å²) >= 11 is 5.90. The van der Waals surface area contributed by atoms with Crippen molar-refractivity contribution in [1.82, 2.24) is 14.8 Å². The molecule has 0 saturated carbocycles. The Hall–Kier alpha value is -2.19. The van der Waals surface area contributed by atoms with Crippen LogP contribution < -0.4 is 0 Å². The summed E-state index contributed by atoms with van der Waals surface area (Å²) in [6, 6.07) is 7.70. The summed E-state index contributed by atoms with van der Waals surface area (Å²) in [5.74, 6) is 0. The maximum Gasteiger partial charge on any atom is 0.291 e. The minimum absolute atomic E-state index is 0.0519. The average Bonchev–Trinajstić information content (AvgIpc) is 2.90. The number of ether oxygens (including phenoxy) is 1. The highest BCUT2D eigenvalue weighted by Crippen LogP contribution is 2.22. The Morgan fingerprint density at radius 2 is 2.00 bits per heavy atom. The molecule has 0 radical (unpaired) electrons. The molecule has 0 aliphatic carbocycles. The van der Waals surface area contributed by atoms with E-state index in [1.54, 1.807) is 11.0 Å². The SMILES string of the molecule is CC(C)OC(Cn1cncn1)c1ccc(Cl)cc1.O=[N+]([O-])O. The molecule has 8 nitrogen and oxygen atoms in total. The van der Waals surface area contributed by atoms with Crippen molar-refractivity contribution in [3.63, 3.8) is 0 Å². The first-order chi connectivity index (χ1) is 10.4. The summed E-state index contributed by atoms with van der Waals surface area (Å²) in [6.45, 7) is 4.67. The fourth-order valence-electron chi connectivity index (χ4n) is 1.73. The molecular formula is C13H17ClN4O4. The quantitative estimate of drug-likeness (QED) is 0.668. The van der Waals surface area contributed by atoms with Gasteiger partial charge in [-0.15, -0.1) is 10.1 Å². The Labute approximate surface area is 132 Å². The van der Waals surface area contributed by atoms with Gasteiger partial charge in [0, 0.05) is 5.02 Å². The Morgan fingerprint density at radius 3 is 2.45 bits per heavy atom. The van der Waals surface area contributed by atoms with Crippen molar-refractivity contribution >= 4 is 11.6 Å². The first kappa shape index (κ1) is 17.9. The second kappa shape index (κ2) is 8.96. The lowest BCUT2D eigenvalue weighted by atomic mass is 10.1. The predicted molar refractivity (Wildman–Crippen MR) is 79.2 cm³/mol. The van der Waals surface area contributed by atoms with Gasteiger partial charge in [0.1, 0.15) is 18.8 Å². The van der Waals surface area contributed by atoms with Crippen LogP contribution in [0.1, 0.15) is 25.5 Å². The van der Waals surface area contributed by atoms with E-state index in [-0.39, 0.29) is 12.2 Å². The molecule has 2 rings (SSSR count). The fraction of sp³-hybridized carbons (Fsp3) is 0.385. The molecule has 0 saturated heterocycles. The second-order valence-corrected chi connectivity index (χ2v) is 5.02. The van der Waals surface area contributed by atoms with Gasteiger partial charge in [0.05, 0.1) is 12.6 Å². The zero-order valence-corrected chi connectivity index (χ0v) is 12.9. The summed E-state index contributed by atoms with van der Waals surface area (Å²) in [4.78, 5) is 12.3. The number of hydrogen-bond donors (Lipinski definition) is 1. The highest BCUT2D eigenvalue weighted by molar-refractivity contribution is 6.30. The van der Waals surface area contributed by atoms with Gasteiger partial charge in [0.25, 0.3) is 5.09 Å². The van der Waals surface area contributed by atoms with Gasteiger partial charge in [0.15, 0.2) is 0 Å². The first-order valence-corrected chi connectivity index (χ1v) is 6.83. The zero-order valence-electron chi connectivity index (χ0n) is 12.2. The van der Waals surface area contributed by atoms with E-state index in [4.69, 9.17) is 31.7 Å². The van der Waals surface area contributed by atoms with Gasteiger partial charge in [-0.25, -0.2) is 4.98 Å². The number of nitrogens with zero attached hydrogens (tertiary/aromatic N) is 4. The number of aromatic nitrogens is 3. The minimum atomic E-state index is -1.50. The molecule has 120 valence electrons. The van der Waals surface area contributed by atoms with Gasteiger partial charge in [-0.1, -0.05) is 23.7 Å². The molecule has 1 N–H and O–H groups in total. The predicted octanol–water partition coefficient (Wildman–Crippen LogP) is 2.75. The summed E-state index contributed by atoms with van der Waals surface area (Å²) in [5, 5.41) is 18.5. The van der Waals surface area contributed by atoms with Crippen LogP contribution in [0.15, 0.2) is 36.9 Å². The third-order valence-corrected chi connectivity index (χ3v) is 2.75. The van der Waals surface area contributed by atoms with Crippen LogP contribution in [0.25, 0.3) is 0 Å². The summed E-state index contributed by atoms with van der Waals surface area (Å²) in [5.41, 5.74) is 1.09. The van der Waals surface area contributed by atoms with Crippen LogP contribution in [0.4, 0.5) is 0 Å². The molecule has 9 heteroatoms. The van der Waals surface area contributed by atoms with E-state index in [0.29, 0.717) is 6.54 Å². The van der Waals surface area contributed by atoms with Crippen molar-refractivity contribution in [2.45, 2.75) is 32.6 Å². The van der Waals surface area contributed by atoms with Crippen molar-refractivity contribution in [1.29, 1.82) is 0 Å². The molecule has 22 heavy (non-hydrogen) atoms. The van der Waals surface area contributed by atoms with Crippen LogP contribution >= 0.6 is 11.6 Å². The van der Waals surface area contributed by atoms with Crippen molar-refractivity contribution in [2.24, 2.45) is 0 Å². The number of benzene rings is 1. The monoisotopic (exact) mass is 328 g/mol. The second-order valence-electron chi connectivity index (χ2n) is 4.58. The van der Waals surface area contributed by atoms with Crippen LogP contribution in [-0.4, -0.2) is 31.2 Å². The van der Waals surface area contributed by atoms with Gasteiger partial charge in [0.2, 0.25) is 0 Å². The number of halogens is 1. The van der Waals surface area contributed by atoms with Crippen LogP contribution in [0.3, 0.4) is 0 Å². The van der Waals surface area contributed by atoms with Crippen LogP contribution in [0, 0.1) is 10.1 Å². The minimum Gasteiger partial charge on any atom is -0.369 e. The van der Waals surface area contributed by atoms with E-state index < -0.39 is 5.09 Å². The van der Waals surface area contributed by atoms with Crippen molar-refractivity contribution < 1.29 is 15.0 Å². The maximum absolute atomic E-state index is 8.36. The molecule has 0 bridgehead atoms. The topological polar surface area (TPSA) is 103 Å². The Kier molecular flexibility index (Phi) is 7.27. The van der Waals surface area contributed by atoms with E-state index in [9.17, 15) is 0 Å². The fourth-order valence-corrected chi connectivity index (χ4v) is 1.86. The molecule has 0 aliphatic heterocycles. The first-order valence-electron chi connectivity index (χ1n) is 6.45. The summed E-state index contributed by atoms with van der Waals surface area (Å²) in [6.07, 6.45) is 3.30. The Balaban J connectivity index is 0.000000541. The lowest BCUT2D eigenvalue weighted by Crippen LogP contribution is -2.17.